The van der Waals surface area contributed by atoms with Gasteiger partial charge in [0, 0.05) is 19.2 Å². The first-order valence-corrected chi connectivity index (χ1v) is 10.4. The van der Waals surface area contributed by atoms with Crippen molar-refractivity contribution < 1.29 is 22.5 Å². The number of sulfonamides is 1. The number of aryl methyl sites for hydroxylation is 1. The van der Waals surface area contributed by atoms with Crippen LogP contribution in [0.3, 0.4) is 0 Å². The van der Waals surface area contributed by atoms with Crippen LogP contribution in [0.2, 0.25) is 0 Å². The van der Waals surface area contributed by atoms with Gasteiger partial charge in [-0.2, -0.15) is 0 Å². The Labute approximate surface area is 161 Å². The highest BCUT2D eigenvalue weighted by molar-refractivity contribution is 7.92. The fraction of sp³-hybridized carbons (Fsp3) is 0.389. The summed E-state index contributed by atoms with van der Waals surface area (Å²) >= 11 is 0. The van der Waals surface area contributed by atoms with Gasteiger partial charge < -0.3 is 15.2 Å². The van der Waals surface area contributed by atoms with Crippen LogP contribution >= 0.6 is 0 Å². The molecule has 1 aromatic carbocycles. The standard InChI is InChI=1S/C18H20N4O5S/c1-11-8-15(20-27-11)21-28(25,26)14-3-2-12-4-7-22(10-13(12)9-14)17(24)18(5-6-18)16(19)23/h2-3,8-9H,4-7,10H2,1H3,(H2,19,23)(H,20,21). The van der Waals surface area contributed by atoms with Gasteiger partial charge in [0.05, 0.1) is 4.90 Å². The molecule has 0 bridgehead atoms. The molecule has 0 spiro atoms. The average molecular weight is 404 g/mol. The van der Waals surface area contributed by atoms with E-state index in [9.17, 15) is 18.0 Å². The predicted molar refractivity (Wildman–Crippen MR) is 98.5 cm³/mol. The van der Waals surface area contributed by atoms with E-state index < -0.39 is 21.3 Å². The average Bonchev–Trinajstić information content (AvgIpc) is 3.38. The molecule has 0 atom stereocenters. The minimum Gasteiger partial charge on any atom is -0.369 e. The number of amides is 2. The number of nitrogens with one attached hydrogen (secondary N) is 1. The van der Waals surface area contributed by atoms with Crippen LogP contribution in [0.15, 0.2) is 33.7 Å². The van der Waals surface area contributed by atoms with E-state index in [1.165, 1.54) is 12.1 Å². The third-order valence-corrected chi connectivity index (χ3v) is 6.64. The van der Waals surface area contributed by atoms with Crippen molar-refractivity contribution in [3.63, 3.8) is 0 Å². The van der Waals surface area contributed by atoms with E-state index in [2.05, 4.69) is 9.88 Å². The lowest BCUT2D eigenvalue weighted by Crippen LogP contribution is -2.45. The van der Waals surface area contributed by atoms with Gasteiger partial charge >= 0.3 is 0 Å². The van der Waals surface area contributed by atoms with Gasteiger partial charge in [0.25, 0.3) is 10.0 Å². The molecule has 4 rings (SSSR count). The Kier molecular flexibility index (Phi) is 4.18. The Bertz CT molecular complexity index is 1070. The number of primary amides is 1. The number of carbonyl (C=O) groups excluding carboxylic acids is 2. The number of rotatable bonds is 5. The number of nitrogens with two attached hydrogens (primary N) is 1. The third-order valence-electron chi connectivity index (χ3n) is 5.29. The van der Waals surface area contributed by atoms with Crippen LogP contribution in [-0.4, -0.2) is 36.8 Å². The molecule has 1 aliphatic heterocycles. The molecule has 28 heavy (non-hydrogen) atoms. The van der Waals surface area contributed by atoms with Crippen LogP contribution in [0, 0.1) is 12.3 Å². The lowest BCUT2D eigenvalue weighted by Gasteiger charge is -2.31. The maximum absolute atomic E-state index is 12.7. The van der Waals surface area contributed by atoms with Crippen molar-refractivity contribution in [3.05, 3.63) is 41.2 Å². The zero-order valence-electron chi connectivity index (χ0n) is 15.3. The zero-order valence-corrected chi connectivity index (χ0v) is 16.1. The molecule has 0 saturated heterocycles. The molecule has 3 N–H and O–H groups in total. The summed E-state index contributed by atoms with van der Waals surface area (Å²) in [7, 11) is -3.85. The number of nitrogens with zero attached hydrogens (tertiary/aromatic N) is 2. The number of aromatic nitrogens is 1. The molecule has 2 aliphatic rings. The highest BCUT2D eigenvalue weighted by Crippen LogP contribution is 2.47. The Morgan fingerprint density at radius 3 is 2.61 bits per heavy atom. The molecule has 1 aliphatic carbocycles. The van der Waals surface area contributed by atoms with E-state index >= 15 is 0 Å². The van der Waals surface area contributed by atoms with Gasteiger partial charge in [0.15, 0.2) is 5.82 Å². The van der Waals surface area contributed by atoms with Crippen LogP contribution < -0.4 is 10.5 Å². The number of carbonyl (C=O) groups is 2. The van der Waals surface area contributed by atoms with Crippen molar-refractivity contribution in [1.82, 2.24) is 10.1 Å². The Morgan fingerprint density at radius 1 is 1.25 bits per heavy atom. The van der Waals surface area contributed by atoms with E-state index in [0.29, 0.717) is 31.6 Å². The molecule has 1 saturated carbocycles. The molecule has 148 valence electrons. The maximum Gasteiger partial charge on any atom is 0.263 e. The SMILES string of the molecule is Cc1cc(NS(=O)(=O)c2ccc3c(c2)CN(C(=O)C2(C(N)=O)CC2)CC3)no1. The number of fused-ring (bicyclic) bond motifs is 1. The largest absolute Gasteiger partial charge is 0.369 e. The van der Waals surface area contributed by atoms with Crippen LogP contribution in [0.25, 0.3) is 0 Å². The first kappa shape index (κ1) is 18.5. The minimum atomic E-state index is -3.85. The summed E-state index contributed by atoms with van der Waals surface area (Å²) in [4.78, 5) is 26.0. The molecule has 2 aromatic rings. The van der Waals surface area contributed by atoms with E-state index in [1.807, 2.05) is 0 Å². The quantitative estimate of drug-likeness (QED) is 0.712. The number of hydrogen-bond acceptors (Lipinski definition) is 6. The summed E-state index contributed by atoms with van der Waals surface area (Å²) in [6.45, 7) is 2.38. The molecule has 9 nitrogen and oxygen atoms in total. The second-order valence-electron chi connectivity index (χ2n) is 7.28. The van der Waals surface area contributed by atoms with Crippen molar-refractivity contribution in [2.75, 3.05) is 11.3 Å². The lowest BCUT2D eigenvalue weighted by molar-refractivity contribution is -0.143. The number of hydrogen-bond donors (Lipinski definition) is 2. The van der Waals surface area contributed by atoms with Crippen LogP contribution in [0.1, 0.15) is 29.7 Å². The first-order valence-electron chi connectivity index (χ1n) is 8.88. The molecule has 0 unspecified atom stereocenters. The molecule has 1 fully saturated rings. The van der Waals surface area contributed by atoms with E-state index in [-0.39, 0.29) is 23.2 Å². The molecule has 10 heteroatoms. The summed E-state index contributed by atoms with van der Waals surface area (Å²) in [5, 5.41) is 3.64. The number of benzene rings is 1. The molecular weight excluding hydrogens is 384 g/mol. The maximum atomic E-state index is 12.7. The normalized spacial score (nSPS) is 17.7. The van der Waals surface area contributed by atoms with Gasteiger partial charge in [-0.1, -0.05) is 11.2 Å². The van der Waals surface area contributed by atoms with Crippen LogP contribution in [0.5, 0.6) is 0 Å². The van der Waals surface area contributed by atoms with Crippen molar-refractivity contribution in [2.24, 2.45) is 11.1 Å². The monoisotopic (exact) mass is 404 g/mol. The molecule has 1 aromatic heterocycles. The zero-order chi connectivity index (χ0) is 20.1. The van der Waals surface area contributed by atoms with Crippen molar-refractivity contribution in [2.45, 2.75) is 37.6 Å². The molecule has 2 amide bonds. The fourth-order valence-electron chi connectivity index (χ4n) is 3.48. The van der Waals surface area contributed by atoms with Crippen molar-refractivity contribution >= 4 is 27.7 Å². The van der Waals surface area contributed by atoms with Gasteiger partial charge in [-0.25, -0.2) is 8.42 Å². The van der Waals surface area contributed by atoms with Crippen LogP contribution in [0.4, 0.5) is 5.82 Å². The predicted octanol–water partition coefficient (Wildman–Crippen LogP) is 0.934. The summed E-state index contributed by atoms with van der Waals surface area (Å²) in [5.41, 5.74) is 6.04. The highest BCUT2D eigenvalue weighted by Gasteiger charge is 2.57. The first-order chi connectivity index (χ1) is 13.2. The van der Waals surface area contributed by atoms with Crippen molar-refractivity contribution in [3.8, 4) is 0 Å². The molecule has 2 heterocycles. The Balaban J connectivity index is 1.57. The lowest BCUT2D eigenvalue weighted by atomic mass is 9.97. The van der Waals surface area contributed by atoms with Crippen molar-refractivity contribution in [1.29, 1.82) is 0 Å². The van der Waals surface area contributed by atoms with Gasteiger partial charge in [0.1, 0.15) is 11.2 Å². The Morgan fingerprint density at radius 2 is 2.00 bits per heavy atom. The Hall–Kier alpha value is -2.88. The molecular formula is C18H20N4O5S. The summed E-state index contributed by atoms with van der Waals surface area (Å²) in [5.74, 6) is -0.272. The smallest absolute Gasteiger partial charge is 0.263 e. The number of anilines is 1. The van der Waals surface area contributed by atoms with Gasteiger partial charge in [0.2, 0.25) is 11.8 Å². The highest BCUT2D eigenvalue weighted by atomic mass is 32.2. The summed E-state index contributed by atoms with van der Waals surface area (Å²) in [6, 6.07) is 6.31. The van der Waals surface area contributed by atoms with Crippen LogP contribution in [-0.2, 0) is 32.6 Å². The fourth-order valence-corrected chi connectivity index (χ4v) is 4.51. The van der Waals surface area contributed by atoms with E-state index in [4.69, 9.17) is 10.3 Å². The minimum absolute atomic E-state index is 0.0669. The van der Waals surface area contributed by atoms with Gasteiger partial charge in [-0.3, -0.25) is 14.3 Å². The topological polar surface area (TPSA) is 136 Å². The third kappa shape index (κ3) is 3.13. The van der Waals surface area contributed by atoms with E-state index in [1.54, 1.807) is 24.0 Å². The second-order valence-corrected chi connectivity index (χ2v) is 8.96. The summed E-state index contributed by atoms with van der Waals surface area (Å²) < 4.78 is 32.5. The van der Waals surface area contributed by atoms with Gasteiger partial charge in [-0.05, 0) is 49.4 Å². The second kappa shape index (κ2) is 6.33. The summed E-state index contributed by atoms with van der Waals surface area (Å²) in [6.07, 6.45) is 1.53. The molecule has 0 radical (unpaired) electrons. The van der Waals surface area contributed by atoms with Gasteiger partial charge in [-0.15, -0.1) is 0 Å². The van der Waals surface area contributed by atoms with E-state index in [0.717, 1.165) is 11.1 Å².